The zero-order valence-electron chi connectivity index (χ0n) is 13.7. The van der Waals surface area contributed by atoms with E-state index in [-0.39, 0.29) is 18.7 Å². The van der Waals surface area contributed by atoms with Crippen LogP contribution in [0.1, 0.15) is 19.2 Å². The predicted octanol–water partition coefficient (Wildman–Crippen LogP) is 1.48. The van der Waals surface area contributed by atoms with Gasteiger partial charge in [-0.2, -0.15) is 4.98 Å². The largest absolute Gasteiger partial charge is 0.453 e. The van der Waals surface area contributed by atoms with Gasteiger partial charge in [0.1, 0.15) is 0 Å². The van der Waals surface area contributed by atoms with Crippen LogP contribution in [0.25, 0.3) is 11.4 Å². The van der Waals surface area contributed by atoms with Gasteiger partial charge in [0, 0.05) is 12.0 Å². The normalized spacial score (nSPS) is 11.4. The Labute approximate surface area is 143 Å². The fourth-order valence-corrected chi connectivity index (χ4v) is 1.83. The Balaban J connectivity index is 1.81. The van der Waals surface area contributed by atoms with E-state index in [1.165, 1.54) is 6.92 Å². The van der Waals surface area contributed by atoms with Crippen LogP contribution in [0, 0.1) is 0 Å². The van der Waals surface area contributed by atoms with Gasteiger partial charge in [-0.05, 0) is 6.92 Å². The van der Waals surface area contributed by atoms with Crippen molar-refractivity contribution in [3.8, 4) is 11.4 Å². The van der Waals surface area contributed by atoms with Gasteiger partial charge >= 0.3 is 12.1 Å². The van der Waals surface area contributed by atoms with E-state index >= 15 is 0 Å². The monoisotopic (exact) mass is 347 g/mol. The zero-order chi connectivity index (χ0) is 18.2. The number of aryl methyl sites for hydroxylation is 1. The van der Waals surface area contributed by atoms with Gasteiger partial charge in [-0.25, -0.2) is 4.79 Å². The fraction of sp³-hybridized carbons (Fsp3) is 0.312. The van der Waals surface area contributed by atoms with Crippen molar-refractivity contribution in [2.45, 2.75) is 25.9 Å². The molecule has 0 aliphatic carbocycles. The molecule has 1 aromatic carbocycles. The molecule has 132 valence electrons. The average molecular weight is 347 g/mol. The summed E-state index contributed by atoms with van der Waals surface area (Å²) >= 11 is 0. The van der Waals surface area contributed by atoms with E-state index in [0.717, 1.165) is 12.7 Å². The summed E-state index contributed by atoms with van der Waals surface area (Å²) in [6.07, 6.45) is -1.93. The Hall–Kier alpha value is -3.23. The third-order valence-corrected chi connectivity index (χ3v) is 3.13. The van der Waals surface area contributed by atoms with Crippen molar-refractivity contribution in [3.63, 3.8) is 0 Å². The van der Waals surface area contributed by atoms with Crippen molar-refractivity contribution < 1.29 is 28.4 Å². The summed E-state index contributed by atoms with van der Waals surface area (Å²) in [7, 11) is 1.12. The first kappa shape index (κ1) is 18.1. The predicted molar refractivity (Wildman–Crippen MR) is 84.2 cm³/mol. The maximum atomic E-state index is 11.8. The van der Waals surface area contributed by atoms with Crippen LogP contribution in [0.4, 0.5) is 4.79 Å². The topological polar surface area (TPSA) is 121 Å². The molecule has 9 nitrogen and oxygen atoms in total. The summed E-state index contributed by atoms with van der Waals surface area (Å²) in [5.74, 6) is -0.700. The highest BCUT2D eigenvalue weighted by atomic mass is 16.6. The number of rotatable bonds is 6. The number of esters is 1. The van der Waals surface area contributed by atoms with Crippen LogP contribution < -0.4 is 5.32 Å². The van der Waals surface area contributed by atoms with E-state index in [9.17, 15) is 14.4 Å². The molecule has 25 heavy (non-hydrogen) atoms. The van der Waals surface area contributed by atoms with Gasteiger partial charge in [0.05, 0.1) is 13.5 Å². The first-order chi connectivity index (χ1) is 12.0. The minimum Gasteiger partial charge on any atom is -0.453 e. The number of methoxy groups -OCH3 is 1. The number of alkyl carbamates (subject to hydrolysis) is 1. The number of hydrogen-bond acceptors (Lipinski definition) is 8. The van der Waals surface area contributed by atoms with Crippen molar-refractivity contribution >= 4 is 18.0 Å². The third kappa shape index (κ3) is 5.41. The lowest BCUT2D eigenvalue weighted by Gasteiger charge is -2.11. The molecule has 0 unspecified atom stereocenters. The van der Waals surface area contributed by atoms with Crippen molar-refractivity contribution in [1.29, 1.82) is 0 Å². The highest BCUT2D eigenvalue weighted by Gasteiger charge is 2.20. The number of benzene rings is 1. The molecule has 0 aliphatic heterocycles. The van der Waals surface area contributed by atoms with Gasteiger partial charge < -0.3 is 14.0 Å². The summed E-state index contributed by atoms with van der Waals surface area (Å²) in [5.41, 5.74) is 0.799. The van der Waals surface area contributed by atoms with Gasteiger partial charge in [0.25, 0.3) is 5.91 Å². The molecule has 0 bridgehead atoms. The lowest BCUT2D eigenvalue weighted by molar-refractivity contribution is -0.154. The van der Waals surface area contributed by atoms with Crippen molar-refractivity contribution in [2.75, 3.05) is 7.11 Å². The molecule has 0 radical (unpaired) electrons. The quantitative estimate of drug-likeness (QED) is 0.780. The fourth-order valence-electron chi connectivity index (χ4n) is 1.83. The molecular weight excluding hydrogens is 330 g/mol. The minimum absolute atomic E-state index is 0.0493. The maximum absolute atomic E-state index is 11.8. The Morgan fingerprint density at radius 1 is 1.24 bits per heavy atom. The summed E-state index contributed by atoms with van der Waals surface area (Å²) < 4.78 is 14.3. The molecule has 2 aromatic rings. The maximum Gasteiger partial charge on any atom is 0.413 e. The first-order valence-electron chi connectivity index (χ1n) is 7.46. The van der Waals surface area contributed by atoms with Gasteiger partial charge in [-0.3, -0.25) is 14.9 Å². The van der Waals surface area contributed by atoms with Crippen molar-refractivity contribution in [2.24, 2.45) is 0 Å². The Morgan fingerprint density at radius 2 is 1.96 bits per heavy atom. The van der Waals surface area contributed by atoms with Crippen LogP contribution in [0.5, 0.6) is 0 Å². The van der Waals surface area contributed by atoms with Gasteiger partial charge in [-0.1, -0.05) is 35.5 Å². The van der Waals surface area contributed by atoms with Crippen LogP contribution >= 0.6 is 0 Å². The van der Waals surface area contributed by atoms with Gasteiger partial charge in [0.2, 0.25) is 11.7 Å². The summed E-state index contributed by atoms with van der Waals surface area (Å²) in [6, 6.07) is 9.25. The summed E-state index contributed by atoms with van der Waals surface area (Å²) in [5, 5.41) is 5.75. The summed E-state index contributed by atoms with van der Waals surface area (Å²) in [4.78, 5) is 38.4. The molecule has 1 N–H and O–H groups in total. The molecule has 2 amide bonds. The molecule has 9 heteroatoms. The van der Waals surface area contributed by atoms with E-state index < -0.39 is 24.1 Å². The first-order valence-corrected chi connectivity index (χ1v) is 7.46. The second kappa shape index (κ2) is 8.57. The standard InChI is InChI=1S/C16H17N3O6/c1-10(15(21)18-16(22)23-2)24-13(20)9-8-12-17-14(19-25-12)11-6-4-3-5-7-11/h3-7,10H,8-9H2,1-2H3,(H,18,21,22)/t10-/m1/s1. The Kier molecular flexibility index (Phi) is 6.21. The van der Waals surface area contributed by atoms with Crippen LogP contribution in [-0.2, 0) is 25.5 Å². The number of hydrogen-bond donors (Lipinski definition) is 1. The van der Waals surface area contributed by atoms with E-state index in [1.807, 2.05) is 35.6 Å². The lowest BCUT2D eigenvalue weighted by Crippen LogP contribution is -2.39. The van der Waals surface area contributed by atoms with Crippen LogP contribution in [0.3, 0.4) is 0 Å². The van der Waals surface area contributed by atoms with E-state index in [1.54, 1.807) is 0 Å². The lowest BCUT2D eigenvalue weighted by atomic mass is 10.2. The van der Waals surface area contributed by atoms with Crippen LogP contribution in [-0.4, -0.2) is 41.3 Å². The van der Waals surface area contributed by atoms with Crippen molar-refractivity contribution in [1.82, 2.24) is 15.5 Å². The summed E-state index contributed by atoms with van der Waals surface area (Å²) in [6.45, 7) is 1.34. The minimum atomic E-state index is -1.13. The second-order valence-electron chi connectivity index (χ2n) is 4.99. The molecule has 0 fully saturated rings. The van der Waals surface area contributed by atoms with Gasteiger partial charge in [0.15, 0.2) is 6.10 Å². The SMILES string of the molecule is COC(=O)NC(=O)[C@@H](C)OC(=O)CCc1nc(-c2ccccc2)no1. The molecule has 2 rings (SSSR count). The molecule has 0 spiro atoms. The highest BCUT2D eigenvalue weighted by Crippen LogP contribution is 2.15. The molecule has 1 heterocycles. The number of carbonyl (C=O) groups excluding carboxylic acids is 3. The molecule has 0 aliphatic rings. The molecule has 1 aromatic heterocycles. The van der Waals surface area contributed by atoms with Crippen LogP contribution in [0.2, 0.25) is 0 Å². The number of amides is 2. The molecular formula is C16H17N3O6. The van der Waals surface area contributed by atoms with Crippen molar-refractivity contribution in [3.05, 3.63) is 36.2 Å². The number of nitrogens with one attached hydrogen (secondary N) is 1. The number of imide groups is 1. The zero-order valence-corrected chi connectivity index (χ0v) is 13.7. The highest BCUT2D eigenvalue weighted by molar-refractivity contribution is 5.94. The van der Waals surface area contributed by atoms with Gasteiger partial charge in [-0.15, -0.1) is 0 Å². The van der Waals surface area contributed by atoms with E-state index in [4.69, 9.17) is 9.26 Å². The molecule has 0 saturated carbocycles. The Bertz CT molecular complexity index is 743. The smallest absolute Gasteiger partial charge is 0.413 e. The van der Waals surface area contributed by atoms with E-state index in [2.05, 4.69) is 14.9 Å². The number of ether oxygens (including phenoxy) is 2. The number of carbonyl (C=O) groups is 3. The third-order valence-electron chi connectivity index (χ3n) is 3.13. The molecule has 1 atom stereocenters. The Morgan fingerprint density at radius 3 is 2.64 bits per heavy atom. The average Bonchev–Trinajstić information content (AvgIpc) is 3.09. The molecule has 0 saturated heterocycles. The van der Waals surface area contributed by atoms with Crippen LogP contribution in [0.15, 0.2) is 34.9 Å². The number of nitrogens with zero attached hydrogens (tertiary/aromatic N) is 2. The van der Waals surface area contributed by atoms with E-state index in [0.29, 0.717) is 5.82 Å². The second-order valence-corrected chi connectivity index (χ2v) is 4.99. The number of aromatic nitrogens is 2.